The van der Waals surface area contributed by atoms with Gasteiger partial charge in [0, 0.05) is 12.8 Å². The van der Waals surface area contributed by atoms with E-state index in [1.165, 1.54) is 29.1 Å². The third kappa shape index (κ3) is 3.97. The standard InChI is InChI=1S/C15H22N2O2.ClH/c1-12-6-5-7-13(2)16(12)10-3-4-11-17-14(18)8-9-15(17)19;/h12-13H,5-11H2,1-2H3;1H. The van der Waals surface area contributed by atoms with Crippen molar-refractivity contribution in [3.8, 4) is 11.8 Å². The van der Waals surface area contributed by atoms with Crippen molar-refractivity contribution in [3.05, 3.63) is 0 Å². The van der Waals surface area contributed by atoms with Crippen LogP contribution < -0.4 is 17.3 Å². The van der Waals surface area contributed by atoms with Crippen molar-refractivity contribution in [1.82, 2.24) is 4.90 Å². The number of likely N-dealkylation sites (tertiary alicyclic amines) is 2. The summed E-state index contributed by atoms with van der Waals surface area (Å²) in [6, 6.07) is 1.32. The van der Waals surface area contributed by atoms with Crippen LogP contribution in [0.4, 0.5) is 0 Å². The number of carbonyl (C=O) groups excluding carboxylic acids is 2. The van der Waals surface area contributed by atoms with Gasteiger partial charge in [0.2, 0.25) is 11.8 Å². The van der Waals surface area contributed by atoms with E-state index in [4.69, 9.17) is 0 Å². The van der Waals surface area contributed by atoms with Crippen LogP contribution in [0.3, 0.4) is 0 Å². The largest absolute Gasteiger partial charge is 1.00 e. The molecule has 0 aromatic carbocycles. The molecule has 2 aliphatic rings. The Morgan fingerprint density at radius 2 is 1.65 bits per heavy atom. The molecule has 2 rings (SSSR count). The number of hydrogen-bond donors (Lipinski definition) is 1. The van der Waals surface area contributed by atoms with Crippen LogP contribution in [0.25, 0.3) is 0 Å². The van der Waals surface area contributed by atoms with Gasteiger partial charge in [-0.25, -0.2) is 0 Å². The predicted molar refractivity (Wildman–Crippen MR) is 72.3 cm³/mol. The molecule has 2 aliphatic heterocycles. The van der Waals surface area contributed by atoms with E-state index in [2.05, 4.69) is 25.7 Å². The van der Waals surface area contributed by atoms with Gasteiger partial charge < -0.3 is 17.3 Å². The molecule has 0 spiro atoms. The van der Waals surface area contributed by atoms with Crippen LogP contribution >= 0.6 is 0 Å². The van der Waals surface area contributed by atoms with E-state index in [0.29, 0.717) is 24.9 Å². The second-order valence-electron chi connectivity index (χ2n) is 5.71. The molecule has 112 valence electrons. The fourth-order valence-electron chi connectivity index (χ4n) is 3.03. The molecule has 20 heavy (non-hydrogen) atoms. The fourth-order valence-corrected chi connectivity index (χ4v) is 3.03. The topological polar surface area (TPSA) is 41.8 Å². The zero-order valence-electron chi connectivity index (χ0n) is 12.2. The van der Waals surface area contributed by atoms with Crippen molar-refractivity contribution >= 4 is 11.8 Å². The Balaban J connectivity index is 0.00000200. The maximum atomic E-state index is 11.4. The van der Waals surface area contributed by atoms with E-state index in [1.807, 2.05) is 0 Å². The quantitative estimate of drug-likeness (QED) is 0.436. The summed E-state index contributed by atoms with van der Waals surface area (Å²) in [7, 11) is 0. The number of imide groups is 1. The van der Waals surface area contributed by atoms with Crippen LogP contribution in [-0.2, 0) is 9.59 Å². The van der Waals surface area contributed by atoms with E-state index in [-0.39, 0.29) is 30.8 Å². The summed E-state index contributed by atoms with van der Waals surface area (Å²) < 4.78 is 0. The molecule has 0 saturated carbocycles. The zero-order chi connectivity index (χ0) is 13.8. The van der Waals surface area contributed by atoms with E-state index < -0.39 is 0 Å². The maximum absolute atomic E-state index is 11.4. The Hall–Kier alpha value is -1.05. The maximum Gasteiger partial charge on any atom is 0.230 e. The lowest BCUT2D eigenvalue weighted by atomic mass is 9.98. The highest BCUT2D eigenvalue weighted by atomic mass is 35.5. The minimum atomic E-state index is -0.0774. The number of quaternary nitrogens is 1. The summed E-state index contributed by atoms with van der Waals surface area (Å²) in [6.07, 6.45) is 4.56. The highest BCUT2D eigenvalue weighted by Gasteiger charge is 2.28. The van der Waals surface area contributed by atoms with Crippen LogP contribution in [0.15, 0.2) is 0 Å². The number of nitrogens with zero attached hydrogens (tertiary/aromatic N) is 1. The molecule has 2 atom stereocenters. The Bertz CT molecular complexity index is 401. The number of nitrogens with one attached hydrogen (secondary N) is 1. The summed E-state index contributed by atoms with van der Waals surface area (Å²) in [4.78, 5) is 25.7. The lowest BCUT2D eigenvalue weighted by molar-refractivity contribution is -0.944. The summed E-state index contributed by atoms with van der Waals surface area (Å²) in [5, 5.41) is 0. The number of amides is 2. The molecule has 0 radical (unpaired) electrons. The predicted octanol–water partition coefficient (Wildman–Crippen LogP) is -3.01. The molecule has 0 aromatic rings. The lowest BCUT2D eigenvalue weighted by Gasteiger charge is -2.34. The molecule has 2 amide bonds. The summed E-state index contributed by atoms with van der Waals surface area (Å²) in [5.74, 6) is 5.99. The van der Waals surface area contributed by atoms with Crippen molar-refractivity contribution < 1.29 is 26.9 Å². The molecule has 0 bridgehead atoms. The molecule has 2 unspecified atom stereocenters. The first-order valence-electron chi connectivity index (χ1n) is 7.24. The van der Waals surface area contributed by atoms with Gasteiger partial charge >= 0.3 is 0 Å². The molecule has 2 fully saturated rings. The number of piperidine rings is 1. The highest BCUT2D eigenvalue weighted by Crippen LogP contribution is 2.10. The fraction of sp³-hybridized carbons (Fsp3) is 0.733. The van der Waals surface area contributed by atoms with Gasteiger partial charge in [0.25, 0.3) is 0 Å². The van der Waals surface area contributed by atoms with E-state index in [9.17, 15) is 9.59 Å². The number of hydrogen-bond acceptors (Lipinski definition) is 2. The Morgan fingerprint density at radius 3 is 2.20 bits per heavy atom. The van der Waals surface area contributed by atoms with Gasteiger partial charge in [-0.2, -0.15) is 0 Å². The van der Waals surface area contributed by atoms with Crippen molar-refractivity contribution in [2.75, 3.05) is 13.1 Å². The molecule has 1 N–H and O–H groups in total. The molecule has 0 aromatic heterocycles. The van der Waals surface area contributed by atoms with Gasteiger partial charge in [0.15, 0.2) is 0 Å². The number of halogens is 1. The van der Waals surface area contributed by atoms with Crippen molar-refractivity contribution in [1.29, 1.82) is 0 Å². The van der Waals surface area contributed by atoms with Crippen LogP contribution in [0.2, 0.25) is 0 Å². The second-order valence-corrected chi connectivity index (χ2v) is 5.71. The van der Waals surface area contributed by atoms with Crippen molar-refractivity contribution in [2.24, 2.45) is 0 Å². The molecular weight excluding hydrogens is 276 g/mol. The normalized spacial score (nSPS) is 29.7. The van der Waals surface area contributed by atoms with Crippen LogP contribution in [-0.4, -0.2) is 41.9 Å². The number of rotatable bonds is 2. The van der Waals surface area contributed by atoms with Gasteiger partial charge in [-0.3, -0.25) is 14.5 Å². The SMILES string of the molecule is CC1CCCC(C)[NH+]1CC#CCN1C(=O)CCC1=O.[Cl-]. The second kappa shape index (κ2) is 7.66. The van der Waals surface area contributed by atoms with Gasteiger partial charge in [0.1, 0.15) is 6.54 Å². The molecule has 2 heterocycles. The van der Waals surface area contributed by atoms with Gasteiger partial charge in [-0.05, 0) is 39.0 Å². The molecule has 2 saturated heterocycles. The van der Waals surface area contributed by atoms with Crippen LogP contribution in [0.5, 0.6) is 0 Å². The van der Waals surface area contributed by atoms with E-state index >= 15 is 0 Å². The number of carbonyl (C=O) groups is 2. The summed E-state index contributed by atoms with van der Waals surface area (Å²) in [6.45, 7) is 5.65. The Morgan fingerprint density at radius 1 is 1.10 bits per heavy atom. The van der Waals surface area contributed by atoms with Crippen LogP contribution in [0, 0.1) is 11.8 Å². The smallest absolute Gasteiger partial charge is 0.230 e. The minimum Gasteiger partial charge on any atom is -1.00 e. The molecule has 0 aliphatic carbocycles. The van der Waals surface area contributed by atoms with E-state index in [1.54, 1.807) is 0 Å². The van der Waals surface area contributed by atoms with Crippen LogP contribution in [0.1, 0.15) is 46.0 Å². The van der Waals surface area contributed by atoms with Gasteiger partial charge in [-0.15, -0.1) is 0 Å². The summed E-state index contributed by atoms with van der Waals surface area (Å²) in [5.41, 5.74) is 0. The van der Waals surface area contributed by atoms with Crippen molar-refractivity contribution in [3.63, 3.8) is 0 Å². The first-order chi connectivity index (χ1) is 9.09. The minimum absolute atomic E-state index is 0. The first-order valence-corrected chi connectivity index (χ1v) is 7.24. The monoisotopic (exact) mass is 298 g/mol. The van der Waals surface area contributed by atoms with Crippen molar-refractivity contribution in [2.45, 2.75) is 58.0 Å². The van der Waals surface area contributed by atoms with Gasteiger partial charge in [0.05, 0.1) is 18.6 Å². The average Bonchev–Trinajstić information content (AvgIpc) is 2.68. The Labute approximate surface area is 127 Å². The molecular formula is C15H23ClN2O2. The average molecular weight is 299 g/mol. The third-order valence-corrected chi connectivity index (χ3v) is 4.35. The zero-order valence-corrected chi connectivity index (χ0v) is 13.0. The highest BCUT2D eigenvalue weighted by molar-refractivity contribution is 6.02. The first kappa shape index (κ1) is 17.0. The van der Waals surface area contributed by atoms with E-state index in [0.717, 1.165) is 6.54 Å². The molecule has 4 nitrogen and oxygen atoms in total. The third-order valence-electron chi connectivity index (χ3n) is 4.35. The molecule has 5 heteroatoms. The Kier molecular flexibility index (Phi) is 6.51. The summed E-state index contributed by atoms with van der Waals surface area (Å²) >= 11 is 0. The lowest BCUT2D eigenvalue weighted by Crippen LogP contribution is -3.19. The van der Waals surface area contributed by atoms with Gasteiger partial charge in [-0.1, -0.05) is 5.92 Å².